The molecule has 1 aromatic heterocycles. The van der Waals surface area contributed by atoms with E-state index in [2.05, 4.69) is 10.4 Å². The highest BCUT2D eigenvalue weighted by molar-refractivity contribution is 5.86. The standard InChI is InChI=1S/C13H20N4O/c1-17-11-4-2-3-10(9(11)7-15-17)16-12(18)13(8-14)5-6-13/h7,10H,2-6,8,14H2,1H3,(H,16,18). The van der Waals surface area contributed by atoms with E-state index in [1.807, 2.05) is 17.9 Å². The average Bonchev–Trinajstić information content (AvgIpc) is 3.10. The van der Waals surface area contributed by atoms with E-state index in [0.717, 1.165) is 32.1 Å². The molecule has 0 aliphatic heterocycles. The first-order valence-corrected chi connectivity index (χ1v) is 6.68. The van der Waals surface area contributed by atoms with Crippen molar-refractivity contribution < 1.29 is 4.79 Å². The van der Waals surface area contributed by atoms with Gasteiger partial charge in [-0.25, -0.2) is 0 Å². The molecular formula is C13H20N4O. The van der Waals surface area contributed by atoms with Crippen molar-refractivity contribution in [3.05, 3.63) is 17.5 Å². The monoisotopic (exact) mass is 248 g/mol. The Bertz CT molecular complexity index is 475. The van der Waals surface area contributed by atoms with Crippen LogP contribution in [0.15, 0.2) is 6.20 Å². The van der Waals surface area contributed by atoms with Gasteiger partial charge in [0.25, 0.3) is 0 Å². The summed E-state index contributed by atoms with van der Waals surface area (Å²) in [6.07, 6.45) is 6.92. The van der Waals surface area contributed by atoms with Crippen LogP contribution in [0, 0.1) is 5.41 Å². The Labute approximate surface area is 107 Å². The largest absolute Gasteiger partial charge is 0.349 e. The van der Waals surface area contributed by atoms with E-state index in [0.29, 0.717) is 6.54 Å². The van der Waals surface area contributed by atoms with Crippen molar-refractivity contribution >= 4 is 5.91 Å². The molecule has 0 spiro atoms. The van der Waals surface area contributed by atoms with Crippen molar-refractivity contribution in [1.82, 2.24) is 15.1 Å². The van der Waals surface area contributed by atoms with Crippen LogP contribution in [-0.4, -0.2) is 22.2 Å². The van der Waals surface area contributed by atoms with Gasteiger partial charge in [-0.15, -0.1) is 0 Å². The van der Waals surface area contributed by atoms with Crippen molar-refractivity contribution in [1.29, 1.82) is 0 Å². The van der Waals surface area contributed by atoms with Crippen LogP contribution in [0.4, 0.5) is 0 Å². The van der Waals surface area contributed by atoms with Crippen LogP contribution < -0.4 is 11.1 Å². The normalized spacial score (nSPS) is 24.4. The summed E-state index contributed by atoms with van der Waals surface area (Å²) in [4.78, 5) is 12.2. The van der Waals surface area contributed by atoms with Gasteiger partial charge < -0.3 is 11.1 Å². The molecule has 0 radical (unpaired) electrons. The first kappa shape index (κ1) is 11.7. The summed E-state index contributed by atoms with van der Waals surface area (Å²) in [6.45, 7) is 0.464. The SMILES string of the molecule is Cn1ncc2c1CCCC2NC(=O)C1(CN)CC1. The lowest BCUT2D eigenvalue weighted by Gasteiger charge is -2.25. The Hall–Kier alpha value is -1.36. The number of aryl methyl sites for hydroxylation is 1. The summed E-state index contributed by atoms with van der Waals surface area (Å²) in [5, 5.41) is 7.46. The van der Waals surface area contributed by atoms with E-state index in [-0.39, 0.29) is 17.4 Å². The van der Waals surface area contributed by atoms with Gasteiger partial charge in [-0.05, 0) is 32.1 Å². The molecule has 0 saturated heterocycles. The van der Waals surface area contributed by atoms with Gasteiger partial charge in [0.2, 0.25) is 5.91 Å². The van der Waals surface area contributed by atoms with Gasteiger partial charge in [-0.2, -0.15) is 5.10 Å². The molecule has 5 nitrogen and oxygen atoms in total. The van der Waals surface area contributed by atoms with Crippen LogP contribution in [0.25, 0.3) is 0 Å². The molecular weight excluding hydrogens is 228 g/mol. The van der Waals surface area contributed by atoms with E-state index < -0.39 is 0 Å². The molecule has 1 unspecified atom stereocenters. The Balaban J connectivity index is 1.77. The summed E-state index contributed by atoms with van der Waals surface area (Å²) in [5.74, 6) is 0.131. The summed E-state index contributed by atoms with van der Waals surface area (Å²) < 4.78 is 1.92. The first-order valence-electron chi connectivity index (χ1n) is 6.68. The number of rotatable bonds is 3. The van der Waals surface area contributed by atoms with Crippen molar-refractivity contribution in [3.8, 4) is 0 Å². The highest BCUT2D eigenvalue weighted by Gasteiger charge is 2.49. The maximum absolute atomic E-state index is 12.2. The molecule has 1 saturated carbocycles. The van der Waals surface area contributed by atoms with Crippen molar-refractivity contribution in [3.63, 3.8) is 0 Å². The second-order valence-corrected chi connectivity index (χ2v) is 5.57. The number of hydrogen-bond acceptors (Lipinski definition) is 3. The third-order valence-electron chi connectivity index (χ3n) is 4.41. The van der Waals surface area contributed by atoms with E-state index in [4.69, 9.17) is 5.73 Å². The minimum absolute atomic E-state index is 0.124. The number of carbonyl (C=O) groups excluding carboxylic acids is 1. The molecule has 1 aromatic rings. The Morgan fingerprint density at radius 1 is 1.67 bits per heavy atom. The van der Waals surface area contributed by atoms with Crippen LogP contribution in [-0.2, 0) is 18.3 Å². The van der Waals surface area contributed by atoms with E-state index >= 15 is 0 Å². The maximum Gasteiger partial charge on any atom is 0.227 e. The predicted molar refractivity (Wildman–Crippen MR) is 67.8 cm³/mol. The number of nitrogens with zero attached hydrogens (tertiary/aromatic N) is 2. The van der Waals surface area contributed by atoms with Gasteiger partial charge in [0.05, 0.1) is 17.7 Å². The Morgan fingerprint density at radius 3 is 3.11 bits per heavy atom. The van der Waals surface area contributed by atoms with Crippen LogP contribution in [0.2, 0.25) is 0 Å². The maximum atomic E-state index is 12.2. The molecule has 0 aromatic carbocycles. The van der Waals surface area contributed by atoms with Gasteiger partial charge in [-0.3, -0.25) is 9.48 Å². The minimum atomic E-state index is -0.264. The van der Waals surface area contributed by atoms with Crippen LogP contribution in [0.3, 0.4) is 0 Å². The van der Waals surface area contributed by atoms with Gasteiger partial charge in [-0.1, -0.05) is 0 Å². The van der Waals surface area contributed by atoms with Crippen molar-refractivity contribution in [2.75, 3.05) is 6.54 Å². The third kappa shape index (κ3) is 1.73. The number of amides is 1. The first-order chi connectivity index (χ1) is 8.66. The number of hydrogen-bond donors (Lipinski definition) is 2. The molecule has 98 valence electrons. The molecule has 3 N–H and O–H groups in total. The highest BCUT2D eigenvalue weighted by atomic mass is 16.2. The fourth-order valence-corrected chi connectivity index (χ4v) is 2.84. The number of nitrogens with two attached hydrogens (primary N) is 1. The summed E-state index contributed by atoms with van der Waals surface area (Å²) in [6, 6.07) is 0.124. The summed E-state index contributed by atoms with van der Waals surface area (Å²) >= 11 is 0. The fourth-order valence-electron chi connectivity index (χ4n) is 2.84. The summed E-state index contributed by atoms with van der Waals surface area (Å²) in [7, 11) is 1.96. The number of carbonyl (C=O) groups is 1. The predicted octanol–water partition coefficient (Wildman–Crippen LogP) is 0.653. The molecule has 3 rings (SSSR count). The van der Waals surface area contributed by atoms with Crippen LogP contribution >= 0.6 is 0 Å². The highest BCUT2D eigenvalue weighted by Crippen LogP contribution is 2.45. The van der Waals surface area contributed by atoms with E-state index in [9.17, 15) is 4.79 Å². The fraction of sp³-hybridized carbons (Fsp3) is 0.692. The molecule has 2 aliphatic carbocycles. The Morgan fingerprint density at radius 2 is 2.44 bits per heavy atom. The topological polar surface area (TPSA) is 72.9 Å². The van der Waals surface area contributed by atoms with Crippen LogP contribution in [0.1, 0.15) is 43.0 Å². The number of aromatic nitrogens is 2. The van der Waals surface area contributed by atoms with E-state index in [1.165, 1.54) is 11.3 Å². The number of nitrogens with one attached hydrogen (secondary N) is 1. The number of fused-ring (bicyclic) bond motifs is 1. The van der Waals surface area contributed by atoms with Gasteiger partial charge in [0.1, 0.15) is 0 Å². The quantitative estimate of drug-likeness (QED) is 0.825. The van der Waals surface area contributed by atoms with Crippen molar-refractivity contribution in [2.45, 2.75) is 38.1 Å². The Kier molecular flexibility index (Phi) is 2.66. The smallest absolute Gasteiger partial charge is 0.227 e. The lowest BCUT2D eigenvalue weighted by molar-refractivity contribution is -0.126. The third-order valence-corrected chi connectivity index (χ3v) is 4.41. The molecule has 1 fully saturated rings. The molecule has 1 amide bonds. The van der Waals surface area contributed by atoms with E-state index in [1.54, 1.807) is 0 Å². The lowest BCUT2D eigenvalue weighted by Crippen LogP contribution is -2.39. The van der Waals surface area contributed by atoms with Crippen LogP contribution in [0.5, 0.6) is 0 Å². The minimum Gasteiger partial charge on any atom is -0.349 e. The van der Waals surface area contributed by atoms with Gasteiger partial charge in [0, 0.05) is 24.8 Å². The zero-order valence-corrected chi connectivity index (χ0v) is 10.8. The second kappa shape index (κ2) is 4.09. The van der Waals surface area contributed by atoms with Gasteiger partial charge >= 0.3 is 0 Å². The summed E-state index contributed by atoms with van der Waals surface area (Å²) in [5.41, 5.74) is 7.87. The molecule has 1 atom stereocenters. The zero-order valence-electron chi connectivity index (χ0n) is 10.8. The molecule has 2 aliphatic rings. The molecule has 1 heterocycles. The average molecular weight is 248 g/mol. The molecule has 0 bridgehead atoms. The molecule has 18 heavy (non-hydrogen) atoms. The zero-order chi connectivity index (χ0) is 12.8. The molecule has 5 heteroatoms. The lowest BCUT2D eigenvalue weighted by atomic mass is 9.92. The van der Waals surface area contributed by atoms with Gasteiger partial charge in [0.15, 0.2) is 0 Å². The second-order valence-electron chi connectivity index (χ2n) is 5.57. The van der Waals surface area contributed by atoms with Crippen molar-refractivity contribution in [2.24, 2.45) is 18.2 Å².